The van der Waals surface area contributed by atoms with Crippen LogP contribution in [0.4, 0.5) is 0 Å². The van der Waals surface area contributed by atoms with Crippen LogP contribution in [0, 0.1) is 0 Å². The van der Waals surface area contributed by atoms with E-state index in [0.717, 1.165) is 67.0 Å². The number of benzene rings is 2. The van der Waals surface area contributed by atoms with E-state index in [1.54, 1.807) is 14.2 Å². The summed E-state index contributed by atoms with van der Waals surface area (Å²) in [6.45, 7) is 11.3. The zero-order valence-corrected chi connectivity index (χ0v) is 22.6. The van der Waals surface area contributed by atoms with E-state index >= 15 is 0 Å². The molecule has 0 aliphatic rings. The topological polar surface area (TPSA) is 57.2 Å². The smallest absolute Gasteiger partial charge is 0.127 e. The van der Waals surface area contributed by atoms with E-state index in [1.165, 1.54) is 5.56 Å². The number of carbonyl (C=O) groups excluding carboxylic acids is 1. The van der Waals surface area contributed by atoms with Crippen LogP contribution in [0.2, 0.25) is 0 Å². The van der Waals surface area contributed by atoms with Crippen molar-refractivity contribution >= 4 is 6.29 Å². The van der Waals surface area contributed by atoms with Crippen molar-refractivity contribution in [2.75, 3.05) is 47.6 Å². The summed E-state index contributed by atoms with van der Waals surface area (Å²) < 4.78 is 22.5. The molecule has 6 heteroatoms. The fraction of sp³-hybridized carbons (Fsp3) is 0.552. The third kappa shape index (κ3) is 8.46. The summed E-state index contributed by atoms with van der Waals surface area (Å²) in [4.78, 5) is 14.4. The van der Waals surface area contributed by atoms with Crippen LogP contribution in [-0.4, -0.2) is 58.8 Å². The Morgan fingerprint density at radius 3 is 2.06 bits per heavy atom. The van der Waals surface area contributed by atoms with Gasteiger partial charge in [-0.15, -0.1) is 0 Å². The van der Waals surface area contributed by atoms with Crippen LogP contribution in [-0.2, 0) is 11.2 Å². The van der Waals surface area contributed by atoms with E-state index in [2.05, 4.69) is 37.9 Å². The first-order valence-corrected chi connectivity index (χ1v) is 12.7. The van der Waals surface area contributed by atoms with Gasteiger partial charge in [0.1, 0.15) is 29.3 Å². The van der Waals surface area contributed by atoms with E-state index in [4.69, 9.17) is 18.9 Å². The maximum absolute atomic E-state index is 12.1. The molecule has 0 bridgehead atoms. The van der Waals surface area contributed by atoms with Crippen molar-refractivity contribution < 1.29 is 23.7 Å². The number of likely N-dealkylation sites (N-methyl/N-ethyl adjacent to an activating group) is 1. The summed E-state index contributed by atoms with van der Waals surface area (Å²) in [7, 11) is 5.43. The van der Waals surface area contributed by atoms with E-state index in [-0.39, 0.29) is 11.8 Å². The summed E-state index contributed by atoms with van der Waals surface area (Å²) in [5.41, 5.74) is 3.28. The van der Waals surface area contributed by atoms with Crippen LogP contribution in [0.5, 0.6) is 23.0 Å². The molecule has 2 aromatic carbocycles. The van der Waals surface area contributed by atoms with Crippen molar-refractivity contribution in [2.24, 2.45) is 0 Å². The highest BCUT2D eigenvalue weighted by molar-refractivity contribution is 5.66. The molecule has 0 aliphatic heterocycles. The second-order valence-corrected chi connectivity index (χ2v) is 9.10. The lowest BCUT2D eigenvalue weighted by atomic mass is 9.86. The molecular weight excluding hydrogens is 442 g/mol. The average Bonchev–Trinajstić information content (AvgIpc) is 2.84. The van der Waals surface area contributed by atoms with Gasteiger partial charge in [0, 0.05) is 30.2 Å². The number of ether oxygens (including phenoxy) is 4. The minimum atomic E-state index is -0.193. The predicted octanol–water partition coefficient (Wildman–Crippen LogP) is 5.86. The number of methoxy groups -OCH3 is 2. The summed E-state index contributed by atoms with van der Waals surface area (Å²) in [5.74, 6) is 3.23. The fourth-order valence-corrected chi connectivity index (χ4v) is 4.42. The second kappa shape index (κ2) is 14.6. The van der Waals surface area contributed by atoms with Gasteiger partial charge in [-0.1, -0.05) is 13.8 Å². The quantitative estimate of drug-likeness (QED) is 0.278. The molecule has 0 saturated heterocycles. The highest BCUT2D eigenvalue weighted by Gasteiger charge is 2.22. The van der Waals surface area contributed by atoms with Crippen molar-refractivity contribution in [3.05, 3.63) is 47.0 Å². The maximum atomic E-state index is 12.1. The molecule has 6 nitrogen and oxygen atoms in total. The Bertz CT molecular complexity index is 903. The molecule has 0 spiro atoms. The molecule has 194 valence electrons. The molecule has 0 aliphatic carbocycles. The lowest BCUT2D eigenvalue weighted by Crippen LogP contribution is -2.23. The summed E-state index contributed by atoms with van der Waals surface area (Å²) in [6, 6.07) is 10.0. The van der Waals surface area contributed by atoms with Gasteiger partial charge in [-0.2, -0.15) is 0 Å². The molecule has 0 N–H and O–H groups in total. The minimum absolute atomic E-state index is 0.193. The Morgan fingerprint density at radius 2 is 1.54 bits per heavy atom. The number of rotatable bonds is 16. The second-order valence-electron chi connectivity index (χ2n) is 9.10. The summed E-state index contributed by atoms with van der Waals surface area (Å²) in [6.07, 6.45) is 3.66. The molecule has 2 aromatic rings. The number of nitrogens with zero attached hydrogens (tertiary/aromatic N) is 1. The van der Waals surface area contributed by atoms with Crippen molar-refractivity contribution in [3.63, 3.8) is 0 Å². The molecule has 35 heavy (non-hydrogen) atoms. The van der Waals surface area contributed by atoms with Gasteiger partial charge in [-0.25, -0.2) is 0 Å². The first kappa shape index (κ1) is 28.5. The van der Waals surface area contributed by atoms with Crippen LogP contribution >= 0.6 is 0 Å². The van der Waals surface area contributed by atoms with Crippen molar-refractivity contribution in [2.45, 2.75) is 58.8 Å². The van der Waals surface area contributed by atoms with Crippen molar-refractivity contribution in [3.8, 4) is 23.0 Å². The third-order valence-corrected chi connectivity index (χ3v) is 6.14. The largest absolute Gasteiger partial charge is 0.497 e. The maximum Gasteiger partial charge on any atom is 0.127 e. The van der Waals surface area contributed by atoms with Crippen LogP contribution in [0.1, 0.15) is 69.1 Å². The molecular formula is C29H43NO5. The van der Waals surface area contributed by atoms with E-state index in [9.17, 15) is 4.79 Å². The lowest BCUT2D eigenvalue weighted by Gasteiger charge is -2.23. The van der Waals surface area contributed by atoms with E-state index in [0.29, 0.717) is 19.0 Å². The van der Waals surface area contributed by atoms with Crippen LogP contribution in [0.3, 0.4) is 0 Å². The molecule has 0 saturated carbocycles. The van der Waals surface area contributed by atoms with Gasteiger partial charge in [-0.05, 0) is 81.9 Å². The van der Waals surface area contributed by atoms with E-state index in [1.807, 2.05) is 32.0 Å². The number of hydrogen-bond donors (Lipinski definition) is 0. The predicted molar refractivity (Wildman–Crippen MR) is 142 cm³/mol. The van der Waals surface area contributed by atoms with Crippen molar-refractivity contribution in [1.82, 2.24) is 4.90 Å². The Kier molecular flexibility index (Phi) is 11.9. The standard InChI is InChI=1S/C29H43NO5/c1-8-34-25-15-22(16-26(17-25)35-9-2)12-14-30(5)13-10-11-23(20-31)27-18-24(32-6)19-28(33-7)29(27)21(3)4/h15-21,23H,8-14H2,1-7H3. The average molecular weight is 486 g/mol. The monoisotopic (exact) mass is 485 g/mol. The first-order valence-electron chi connectivity index (χ1n) is 12.7. The molecule has 0 fully saturated rings. The van der Waals surface area contributed by atoms with Gasteiger partial charge < -0.3 is 28.6 Å². The van der Waals surface area contributed by atoms with Gasteiger partial charge in [0.25, 0.3) is 0 Å². The molecule has 0 aromatic heterocycles. The first-order chi connectivity index (χ1) is 16.9. The van der Waals surface area contributed by atoms with Crippen molar-refractivity contribution in [1.29, 1.82) is 0 Å². The van der Waals surface area contributed by atoms with Gasteiger partial charge in [0.05, 0.1) is 27.4 Å². The normalized spacial score (nSPS) is 12.0. The molecule has 1 atom stereocenters. The van der Waals surface area contributed by atoms with Gasteiger partial charge in [0.2, 0.25) is 0 Å². The van der Waals surface area contributed by atoms with Gasteiger partial charge in [-0.3, -0.25) is 0 Å². The van der Waals surface area contributed by atoms with Crippen LogP contribution in [0.15, 0.2) is 30.3 Å². The molecule has 0 radical (unpaired) electrons. The number of aldehydes is 1. The Labute approximate surface area is 211 Å². The molecule has 1 unspecified atom stereocenters. The molecule has 0 amide bonds. The molecule has 2 rings (SSSR count). The lowest BCUT2D eigenvalue weighted by molar-refractivity contribution is -0.109. The Morgan fingerprint density at radius 1 is 0.886 bits per heavy atom. The van der Waals surface area contributed by atoms with E-state index < -0.39 is 0 Å². The van der Waals surface area contributed by atoms with Gasteiger partial charge in [0.15, 0.2) is 0 Å². The molecule has 0 heterocycles. The SMILES string of the molecule is CCOc1cc(CCN(C)CCCC(C=O)c2cc(OC)cc(OC)c2C(C)C)cc(OCC)c1. The Balaban J connectivity index is 2.01. The summed E-state index contributed by atoms with van der Waals surface area (Å²) in [5, 5.41) is 0. The number of hydrogen-bond acceptors (Lipinski definition) is 6. The highest BCUT2D eigenvalue weighted by atomic mass is 16.5. The Hall–Kier alpha value is -2.73. The third-order valence-electron chi connectivity index (χ3n) is 6.14. The zero-order valence-electron chi connectivity index (χ0n) is 22.6. The zero-order chi connectivity index (χ0) is 25.8. The fourth-order valence-electron chi connectivity index (χ4n) is 4.42. The number of carbonyl (C=O) groups is 1. The van der Waals surface area contributed by atoms with Crippen LogP contribution < -0.4 is 18.9 Å². The minimum Gasteiger partial charge on any atom is -0.497 e. The van der Waals surface area contributed by atoms with Crippen LogP contribution in [0.25, 0.3) is 0 Å². The highest BCUT2D eigenvalue weighted by Crippen LogP contribution is 2.38. The van der Waals surface area contributed by atoms with Gasteiger partial charge >= 0.3 is 0 Å². The summed E-state index contributed by atoms with van der Waals surface area (Å²) >= 11 is 0.